The molecule has 0 aliphatic heterocycles. The Morgan fingerprint density at radius 3 is 1.82 bits per heavy atom. The maximum atomic E-state index is 11.3. The molecule has 0 aromatic heterocycles. The van der Waals surface area contributed by atoms with Gasteiger partial charge in [0.2, 0.25) is 0 Å². The fourth-order valence-corrected chi connectivity index (χ4v) is 2.50. The standard InChI is InChI=1S/C16H12O/c1-11-12-6-2-3-7-13(12)14-8-4-5-9-15(14)16(11)10-17/h2-10H,1H3. The summed E-state index contributed by atoms with van der Waals surface area (Å²) in [5.41, 5.74) is 1.87. The third kappa shape index (κ3) is 1.36. The third-order valence-corrected chi connectivity index (χ3v) is 3.36. The van der Waals surface area contributed by atoms with Crippen LogP contribution in [0.5, 0.6) is 0 Å². The molecule has 0 radical (unpaired) electrons. The van der Waals surface area contributed by atoms with E-state index in [-0.39, 0.29) is 0 Å². The summed E-state index contributed by atoms with van der Waals surface area (Å²) < 4.78 is 0. The summed E-state index contributed by atoms with van der Waals surface area (Å²) >= 11 is 0. The van der Waals surface area contributed by atoms with Gasteiger partial charge in [-0.2, -0.15) is 0 Å². The lowest BCUT2D eigenvalue weighted by Gasteiger charge is -2.10. The van der Waals surface area contributed by atoms with Gasteiger partial charge in [-0.05, 0) is 34.0 Å². The van der Waals surface area contributed by atoms with Crippen LogP contribution in [0.1, 0.15) is 15.9 Å². The number of aldehydes is 1. The molecule has 0 saturated heterocycles. The number of carbonyl (C=O) groups is 1. The molecule has 0 aliphatic rings. The summed E-state index contributed by atoms with van der Waals surface area (Å²) in [6, 6.07) is 16.3. The van der Waals surface area contributed by atoms with Crippen molar-refractivity contribution in [3.63, 3.8) is 0 Å². The van der Waals surface area contributed by atoms with Crippen molar-refractivity contribution in [2.45, 2.75) is 6.92 Å². The van der Waals surface area contributed by atoms with Crippen LogP contribution < -0.4 is 0 Å². The van der Waals surface area contributed by atoms with Crippen LogP contribution in [0.4, 0.5) is 0 Å². The zero-order chi connectivity index (χ0) is 11.8. The first-order valence-electron chi connectivity index (χ1n) is 5.68. The van der Waals surface area contributed by atoms with E-state index in [9.17, 15) is 4.79 Å². The lowest BCUT2D eigenvalue weighted by atomic mass is 9.93. The average molecular weight is 220 g/mol. The van der Waals surface area contributed by atoms with Gasteiger partial charge in [-0.25, -0.2) is 0 Å². The van der Waals surface area contributed by atoms with Crippen molar-refractivity contribution in [2.24, 2.45) is 0 Å². The maximum Gasteiger partial charge on any atom is 0.150 e. The number of hydrogen-bond donors (Lipinski definition) is 0. The second-order valence-corrected chi connectivity index (χ2v) is 4.25. The van der Waals surface area contributed by atoms with Crippen molar-refractivity contribution in [3.8, 4) is 0 Å². The van der Waals surface area contributed by atoms with Crippen LogP contribution >= 0.6 is 0 Å². The predicted octanol–water partition coefficient (Wildman–Crippen LogP) is 4.11. The first-order valence-corrected chi connectivity index (χ1v) is 5.68. The Hall–Kier alpha value is -2.15. The SMILES string of the molecule is Cc1c(C=O)c2ccccc2c2ccccc12. The predicted molar refractivity (Wildman–Crippen MR) is 71.6 cm³/mol. The molecule has 1 heteroatoms. The highest BCUT2D eigenvalue weighted by Crippen LogP contribution is 2.31. The summed E-state index contributed by atoms with van der Waals surface area (Å²) in [6.07, 6.45) is 0.962. The molecular formula is C16H12O. The van der Waals surface area contributed by atoms with E-state index < -0.39 is 0 Å². The van der Waals surface area contributed by atoms with Crippen LogP contribution in [0.3, 0.4) is 0 Å². The Morgan fingerprint density at radius 2 is 1.24 bits per heavy atom. The van der Waals surface area contributed by atoms with E-state index >= 15 is 0 Å². The number of fused-ring (bicyclic) bond motifs is 3. The summed E-state index contributed by atoms with van der Waals surface area (Å²) in [7, 11) is 0. The molecule has 3 aromatic rings. The van der Waals surface area contributed by atoms with Crippen LogP contribution in [0.25, 0.3) is 21.5 Å². The Kier molecular flexibility index (Phi) is 2.19. The molecule has 82 valence electrons. The molecule has 0 N–H and O–H groups in total. The second-order valence-electron chi connectivity index (χ2n) is 4.25. The molecule has 0 amide bonds. The number of carbonyl (C=O) groups excluding carboxylic acids is 1. The highest BCUT2D eigenvalue weighted by Gasteiger charge is 2.09. The number of aryl methyl sites for hydroxylation is 1. The van der Waals surface area contributed by atoms with E-state index in [0.717, 1.165) is 33.6 Å². The van der Waals surface area contributed by atoms with Gasteiger partial charge in [-0.1, -0.05) is 48.5 Å². The Morgan fingerprint density at radius 1 is 0.765 bits per heavy atom. The van der Waals surface area contributed by atoms with Crippen molar-refractivity contribution >= 4 is 27.8 Å². The third-order valence-electron chi connectivity index (χ3n) is 3.36. The van der Waals surface area contributed by atoms with Gasteiger partial charge in [0, 0.05) is 5.56 Å². The van der Waals surface area contributed by atoms with E-state index in [1.54, 1.807) is 0 Å². The molecule has 0 spiro atoms. The molecule has 0 unspecified atom stereocenters. The first kappa shape index (κ1) is 10.0. The minimum absolute atomic E-state index is 0.805. The van der Waals surface area contributed by atoms with E-state index in [4.69, 9.17) is 0 Å². The first-order chi connectivity index (χ1) is 8.33. The largest absolute Gasteiger partial charge is 0.298 e. The normalized spacial score (nSPS) is 10.9. The number of hydrogen-bond acceptors (Lipinski definition) is 1. The van der Waals surface area contributed by atoms with Crippen LogP contribution in [0.15, 0.2) is 48.5 Å². The Bertz CT molecular complexity index is 726. The van der Waals surface area contributed by atoms with Gasteiger partial charge in [0.15, 0.2) is 6.29 Å². The average Bonchev–Trinajstić information content (AvgIpc) is 2.40. The highest BCUT2D eigenvalue weighted by atomic mass is 16.1. The molecule has 1 nitrogen and oxygen atoms in total. The summed E-state index contributed by atoms with van der Waals surface area (Å²) in [4.78, 5) is 11.3. The highest BCUT2D eigenvalue weighted by molar-refractivity contribution is 6.15. The van der Waals surface area contributed by atoms with Crippen LogP contribution in [0, 0.1) is 6.92 Å². The lowest BCUT2D eigenvalue weighted by Crippen LogP contribution is -1.91. The fourth-order valence-electron chi connectivity index (χ4n) is 2.50. The van der Waals surface area contributed by atoms with Gasteiger partial charge in [0.05, 0.1) is 0 Å². The molecule has 0 fully saturated rings. The Balaban J connectivity index is 2.68. The van der Waals surface area contributed by atoms with E-state index in [1.165, 1.54) is 5.39 Å². The zero-order valence-corrected chi connectivity index (χ0v) is 9.60. The molecule has 0 aliphatic carbocycles. The number of benzene rings is 3. The topological polar surface area (TPSA) is 17.1 Å². The van der Waals surface area contributed by atoms with Crippen LogP contribution in [-0.2, 0) is 0 Å². The van der Waals surface area contributed by atoms with Crippen molar-refractivity contribution < 1.29 is 4.79 Å². The van der Waals surface area contributed by atoms with Gasteiger partial charge < -0.3 is 0 Å². The monoisotopic (exact) mass is 220 g/mol. The number of rotatable bonds is 1. The molecule has 0 bridgehead atoms. The van der Waals surface area contributed by atoms with Gasteiger partial charge in [0.25, 0.3) is 0 Å². The van der Waals surface area contributed by atoms with Gasteiger partial charge in [-0.15, -0.1) is 0 Å². The van der Waals surface area contributed by atoms with Crippen molar-refractivity contribution in [2.75, 3.05) is 0 Å². The molecule has 0 atom stereocenters. The summed E-state index contributed by atoms with van der Waals surface area (Å²) in [5, 5.41) is 4.56. The van der Waals surface area contributed by atoms with Crippen LogP contribution in [0.2, 0.25) is 0 Å². The quantitative estimate of drug-likeness (QED) is 0.445. The van der Waals surface area contributed by atoms with E-state index in [2.05, 4.69) is 18.2 Å². The molecule has 3 rings (SSSR count). The fraction of sp³-hybridized carbons (Fsp3) is 0.0625. The minimum atomic E-state index is 0.805. The molecular weight excluding hydrogens is 208 g/mol. The second kappa shape index (κ2) is 3.70. The maximum absolute atomic E-state index is 11.3. The molecule has 0 saturated carbocycles. The molecule has 17 heavy (non-hydrogen) atoms. The van der Waals surface area contributed by atoms with Gasteiger partial charge in [-0.3, -0.25) is 4.79 Å². The zero-order valence-electron chi connectivity index (χ0n) is 9.60. The molecule has 3 aromatic carbocycles. The van der Waals surface area contributed by atoms with Crippen molar-refractivity contribution in [1.29, 1.82) is 0 Å². The molecule has 0 heterocycles. The van der Waals surface area contributed by atoms with E-state index in [0.29, 0.717) is 0 Å². The lowest BCUT2D eigenvalue weighted by molar-refractivity contribution is 0.112. The van der Waals surface area contributed by atoms with Crippen molar-refractivity contribution in [3.05, 3.63) is 59.7 Å². The van der Waals surface area contributed by atoms with Gasteiger partial charge in [0.1, 0.15) is 0 Å². The van der Waals surface area contributed by atoms with Gasteiger partial charge >= 0.3 is 0 Å². The van der Waals surface area contributed by atoms with Crippen molar-refractivity contribution in [1.82, 2.24) is 0 Å². The summed E-state index contributed by atoms with van der Waals surface area (Å²) in [6.45, 7) is 2.01. The minimum Gasteiger partial charge on any atom is -0.298 e. The van der Waals surface area contributed by atoms with Crippen LogP contribution in [-0.4, -0.2) is 6.29 Å². The smallest absolute Gasteiger partial charge is 0.150 e. The summed E-state index contributed by atoms with van der Waals surface area (Å²) in [5.74, 6) is 0. The Labute approximate surface area is 99.7 Å². The van der Waals surface area contributed by atoms with E-state index in [1.807, 2.05) is 37.3 Å².